The Morgan fingerprint density at radius 3 is 2.25 bits per heavy atom. The minimum atomic E-state index is -0.491. The van der Waals surface area contributed by atoms with Gasteiger partial charge in [-0.15, -0.1) is 0 Å². The molecule has 0 heterocycles. The van der Waals surface area contributed by atoms with Gasteiger partial charge in [-0.05, 0) is 116 Å². The summed E-state index contributed by atoms with van der Waals surface area (Å²) in [5.74, 6) is 0.668. The van der Waals surface area contributed by atoms with Gasteiger partial charge in [0.25, 0.3) is 0 Å². The smallest absolute Gasteiger partial charge is 0.302 e. The van der Waals surface area contributed by atoms with Crippen molar-refractivity contribution >= 4 is 23.3 Å². The van der Waals surface area contributed by atoms with E-state index in [1.807, 2.05) is 31.2 Å². The van der Waals surface area contributed by atoms with Gasteiger partial charge in [-0.25, -0.2) is 0 Å². The van der Waals surface area contributed by atoms with E-state index < -0.39 is 5.41 Å². The van der Waals surface area contributed by atoms with Crippen LogP contribution in [-0.2, 0) is 19.1 Å². The van der Waals surface area contributed by atoms with Gasteiger partial charge in [-0.2, -0.15) is 0 Å². The van der Waals surface area contributed by atoms with E-state index in [9.17, 15) is 14.4 Å². The van der Waals surface area contributed by atoms with Crippen LogP contribution in [0.4, 0.5) is 5.69 Å². The molecule has 44 heavy (non-hydrogen) atoms. The molecule has 5 aliphatic carbocycles. The molecule has 4 fully saturated rings. The molecule has 5 nitrogen and oxygen atoms in total. The number of ketones is 1. The quantitative estimate of drug-likeness (QED) is 0.351. The molecule has 1 N–H and O–H groups in total. The molecule has 0 saturated heterocycles. The van der Waals surface area contributed by atoms with E-state index in [4.69, 9.17) is 4.74 Å². The molecule has 6 rings (SSSR count). The fraction of sp³-hybridized carbons (Fsp3) is 0.718. The van der Waals surface area contributed by atoms with Crippen LogP contribution in [0.25, 0.3) is 0 Å². The number of nitrogens with one attached hydrogen (secondary N) is 1. The van der Waals surface area contributed by atoms with E-state index in [1.54, 1.807) is 0 Å². The average molecular weight is 602 g/mol. The highest BCUT2D eigenvalue weighted by Crippen LogP contribution is 2.75. The first-order valence-corrected chi connectivity index (χ1v) is 17.2. The molecule has 0 aliphatic heterocycles. The molecule has 0 unspecified atom stereocenters. The lowest BCUT2D eigenvalue weighted by Gasteiger charge is -2.70. The first kappa shape index (κ1) is 31.5. The van der Waals surface area contributed by atoms with Crippen LogP contribution < -0.4 is 5.32 Å². The first-order valence-electron chi connectivity index (χ1n) is 17.2. The number of carbonyl (C=O) groups excluding carboxylic acids is 3. The number of hydrogen-bond donors (Lipinski definition) is 1. The second-order valence-electron chi connectivity index (χ2n) is 17.5. The second kappa shape index (κ2) is 10.0. The number of ether oxygens (including phenoxy) is 1. The minimum Gasteiger partial charge on any atom is -0.462 e. The second-order valence-corrected chi connectivity index (χ2v) is 17.5. The monoisotopic (exact) mass is 601 g/mol. The van der Waals surface area contributed by atoms with Gasteiger partial charge in [-0.1, -0.05) is 72.2 Å². The Morgan fingerprint density at radius 1 is 0.886 bits per heavy atom. The summed E-state index contributed by atoms with van der Waals surface area (Å²) in [5.41, 5.74) is 2.32. The topological polar surface area (TPSA) is 72.5 Å². The molecule has 4 saturated carbocycles. The van der Waals surface area contributed by atoms with Crippen LogP contribution in [0.15, 0.2) is 35.9 Å². The molecule has 0 spiro atoms. The molecule has 0 radical (unpaired) electrons. The summed E-state index contributed by atoms with van der Waals surface area (Å²) in [4.78, 5) is 40.6. The summed E-state index contributed by atoms with van der Waals surface area (Å²) in [6, 6.07) is 8.01. The number of aryl methyl sites for hydroxylation is 1. The van der Waals surface area contributed by atoms with Crippen LogP contribution in [0.2, 0.25) is 0 Å². The fourth-order valence-corrected chi connectivity index (χ4v) is 11.8. The maximum Gasteiger partial charge on any atom is 0.302 e. The van der Waals surface area contributed by atoms with Crippen molar-refractivity contribution in [3.05, 3.63) is 41.5 Å². The number of allylic oxidation sites excluding steroid dienone is 2. The highest BCUT2D eigenvalue weighted by atomic mass is 16.5. The molecule has 9 atom stereocenters. The lowest BCUT2D eigenvalue weighted by Crippen LogP contribution is -2.66. The summed E-state index contributed by atoms with van der Waals surface area (Å²) in [6.45, 7) is 19.9. The van der Waals surface area contributed by atoms with Gasteiger partial charge in [-0.3, -0.25) is 14.4 Å². The van der Waals surface area contributed by atoms with Gasteiger partial charge in [0.15, 0.2) is 5.78 Å². The van der Waals surface area contributed by atoms with Crippen molar-refractivity contribution in [2.24, 2.45) is 50.2 Å². The molecule has 1 amide bonds. The van der Waals surface area contributed by atoms with Crippen molar-refractivity contribution in [2.45, 2.75) is 126 Å². The van der Waals surface area contributed by atoms with Gasteiger partial charge in [0.1, 0.15) is 6.10 Å². The number of anilines is 1. The van der Waals surface area contributed by atoms with Crippen molar-refractivity contribution in [2.75, 3.05) is 5.32 Å². The SMILES string of the molecule is CC(=O)O[C@H]1CC[C@@]2(C)[C@@H](CC[C@@]3(C)[C@H]2C(=O)C=C2[C@@H]4C[C@@](C)(C(=O)Nc5ccccc5C)CC[C@@]4(C)CC[C@]23C)C1(C)C. The molecule has 5 heteroatoms. The van der Waals surface area contributed by atoms with Crippen LogP contribution in [-0.4, -0.2) is 23.8 Å². The molecule has 1 aromatic carbocycles. The van der Waals surface area contributed by atoms with Gasteiger partial charge in [0.05, 0.1) is 0 Å². The van der Waals surface area contributed by atoms with E-state index in [0.717, 1.165) is 69.0 Å². The van der Waals surface area contributed by atoms with Crippen molar-refractivity contribution in [3.63, 3.8) is 0 Å². The Hall–Kier alpha value is -2.43. The van der Waals surface area contributed by atoms with E-state index >= 15 is 0 Å². The predicted octanol–water partition coefficient (Wildman–Crippen LogP) is 8.85. The summed E-state index contributed by atoms with van der Waals surface area (Å²) in [6.07, 6.45) is 10.6. The summed E-state index contributed by atoms with van der Waals surface area (Å²) < 4.78 is 5.88. The highest BCUT2D eigenvalue weighted by Gasteiger charge is 2.70. The summed E-state index contributed by atoms with van der Waals surface area (Å²) >= 11 is 0. The largest absolute Gasteiger partial charge is 0.462 e. The molecule has 240 valence electrons. The Balaban J connectivity index is 1.35. The van der Waals surface area contributed by atoms with Crippen LogP contribution in [0.5, 0.6) is 0 Å². The molecule has 1 aromatic rings. The standard InChI is InChI=1S/C39H55NO4/c1-24-12-10-11-13-28(24)40-33(43)36(6)19-18-35(5)20-21-38(8)26(27(35)23-36)22-29(42)32-37(7)16-15-31(44-25(2)41)34(3,4)30(37)14-17-39(32,38)9/h10-13,22,27,30-32H,14-21,23H2,1-9H3,(H,40,43)/t27-,30-,31-,32-,35-,36-,37-,38+,39-/m0/s1. The first-order chi connectivity index (χ1) is 20.4. The van der Waals surface area contributed by atoms with E-state index in [1.165, 1.54) is 12.5 Å². The van der Waals surface area contributed by atoms with Gasteiger partial charge in [0, 0.05) is 29.4 Å². The Kier molecular flexibility index (Phi) is 7.19. The highest BCUT2D eigenvalue weighted by molar-refractivity contribution is 5.97. The molecular formula is C39H55NO4. The van der Waals surface area contributed by atoms with Crippen LogP contribution in [0.1, 0.15) is 119 Å². The third kappa shape index (κ3) is 4.33. The number of fused-ring (bicyclic) bond motifs is 7. The summed E-state index contributed by atoms with van der Waals surface area (Å²) in [5, 5.41) is 3.27. The third-order valence-electron chi connectivity index (χ3n) is 14.8. The summed E-state index contributed by atoms with van der Waals surface area (Å²) in [7, 11) is 0. The van der Waals surface area contributed by atoms with Crippen molar-refractivity contribution < 1.29 is 19.1 Å². The molecule has 0 bridgehead atoms. The van der Waals surface area contributed by atoms with E-state index in [0.29, 0.717) is 11.7 Å². The minimum absolute atomic E-state index is 0.0521. The number of benzene rings is 1. The number of esters is 1. The maximum atomic E-state index is 14.7. The molecular weight excluding hydrogens is 546 g/mol. The maximum absolute atomic E-state index is 14.7. The number of hydrogen-bond acceptors (Lipinski definition) is 4. The predicted molar refractivity (Wildman–Crippen MR) is 175 cm³/mol. The van der Waals surface area contributed by atoms with Gasteiger partial charge >= 0.3 is 5.97 Å². The lowest BCUT2D eigenvalue weighted by molar-refractivity contribution is -0.210. The zero-order valence-electron chi connectivity index (χ0n) is 28.7. The Morgan fingerprint density at radius 2 is 1.57 bits per heavy atom. The number of carbonyl (C=O) groups is 3. The zero-order chi connectivity index (χ0) is 32.1. The average Bonchev–Trinajstić information content (AvgIpc) is 2.93. The van der Waals surface area contributed by atoms with Crippen LogP contribution in [0.3, 0.4) is 0 Å². The third-order valence-corrected chi connectivity index (χ3v) is 14.8. The van der Waals surface area contributed by atoms with E-state index in [-0.39, 0.29) is 56.9 Å². The van der Waals surface area contributed by atoms with Crippen molar-refractivity contribution in [1.82, 2.24) is 0 Å². The zero-order valence-corrected chi connectivity index (χ0v) is 28.7. The van der Waals surface area contributed by atoms with Crippen LogP contribution >= 0.6 is 0 Å². The van der Waals surface area contributed by atoms with Crippen molar-refractivity contribution in [1.29, 1.82) is 0 Å². The number of rotatable bonds is 3. The van der Waals surface area contributed by atoms with Gasteiger partial charge < -0.3 is 10.1 Å². The Bertz CT molecular complexity index is 1430. The Labute approximate surface area is 265 Å². The fourth-order valence-electron chi connectivity index (χ4n) is 11.8. The van der Waals surface area contributed by atoms with Crippen molar-refractivity contribution in [3.8, 4) is 0 Å². The molecule has 5 aliphatic rings. The van der Waals surface area contributed by atoms with E-state index in [2.05, 4.69) is 59.9 Å². The van der Waals surface area contributed by atoms with Gasteiger partial charge in [0.2, 0.25) is 5.91 Å². The molecule has 0 aromatic heterocycles. The normalized spacial score (nSPS) is 44.2. The lowest BCUT2D eigenvalue weighted by atomic mass is 9.33. The van der Waals surface area contributed by atoms with Crippen LogP contribution in [0, 0.1) is 57.2 Å². The number of para-hydroxylation sites is 1. The number of amides is 1.